The standard InChI is InChI=1S/C21H26N4O2/c1-17-23-21(24-27-17)16-26-20-9-7-19(8-10-20)15-25(14-12-22)13-11-18-5-3-2-4-6-18/h2-10H,11-16,22H2,1H3. The van der Waals surface area contributed by atoms with Crippen molar-refractivity contribution in [1.82, 2.24) is 15.0 Å². The molecule has 1 heterocycles. The summed E-state index contributed by atoms with van der Waals surface area (Å²) >= 11 is 0. The van der Waals surface area contributed by atoms with E-state index >= 15 is 0 Å². The largest absolute Gasteiger partial charge is 0.485 e. The summed E-state index contributed by atoms with van der Waals surface area (Å²) in [5.74, 6) is 1.88. The normalized spacial score (nSPS) is 11.1. The first-order valence-electron chi connectivity index (χ1n) is 9.20. The topological polar surface area (TPSA) is 77.4 Å². The van der Waals surface area contributed by atoms with Crippen molar-refractivity contribution in [3.63, 3.8) is 0 Å². The van der Waals surface area contributed by atoms with Crippen LogP contribution in [-0.2, 0) is 19.6 Å². The number of aryl methyl sites for hydroxylation is 1. The predicted octanol–water partition coefficient (Wildman–Crippen LogP) is 2.96. The molecule has 0 amide bonds. The highest BCUT2D eigenvalue weighted by Crippen LogP contribution is 2.15. The molecule has 0 aliphatic heterocycles. The molecule has 0 bridgehead atoms. The zero-order chi connectivity index (χ0) is 18.9. The lowest BCUT2D eigenvalue weighted by molar-refractivity contribution is 0.275. The van der Waals surface area contributed by atoms with Crippen LogP contribution in [0.3, 0.4) is 0 Å². The average Bonchev–Trinajstić information content (AvgIpc) is 3.12. The third-order valence-electron chi connectivity index (χ3n) is 4.27. The maximum absolute atomic E-state index is 5.79. The molecule has 0 aliphatic carbocycles. The number of nitrogens with two attached hydrogens (primary N) is 1. The molecule has 0 saturated carbocycles. The van der Waals surface area contributed by atoms with Crippen molar-refractivity contribution >= 4 is 0 Å². The summed E-state index contributed by atoms with van der Waals surface area (Å²) in [7, 11) is 0. The molecule has 2 N–H and O–H groups in total. The van der Waals surface area contributed by atoms with E-state index in [0.29, 0.717) is 24.9 Å². The van der Waals surface area contributed by atoms with Gasteiger partial charge in [0.25, 0.3) is 0 Å². The molecule has 142 valence electrons. The Balaban J connectivity index is 1.51. The zero-order valence-electron chi connectivity index (χ0n) is 15.7. The number of nitrogens with zero attached hydrogens (tertiary/aromatic N) is 3. The first-order valence-corrected chi connectivity index (χ1v) is 9.20. The summed E-state index contributed by atoms with van der Waals surface area (Å²) in [5.41, 5.74) is 8.37. The van der Waals surface area contributed by atoms with Crippen molar-refractivity contribution in [2.45, 2.75) is 26.5 Å². The van der Waals surface area contributed by atoms with Crippen molar-refractivity contribution in [1.29, 1.82) is 0 Å². The van der Waals surface area contributed by atoms with E-state index in [2.05, 4.69) is 51.4 Å². The monoisotopic (exact) mass is 366 g/mol. The molecule has 0 atom stereocenters. The average molecular weight is 366 g/mol. The summed E-state index contributed by atoms with van der Waals surface area (Å²) in [6.45, 7) is 5.44. The fourth-order valence-electron chi connectivity index (χ4n) is 2.88. The molecule has 0 fully saturated rings. The molecule has 0 saturated heterocycles. The summed E-state index contributed by atoms with van der Waals surface area (Å²) < 4.78 is 10.6. The minimum absolute atomic E-state index is 0.299. The Bertz CT molecular complexity index is 803. The van der Waals surface area contributed by atoms with Crippen LogP contribution in [-0.4, -0.2) is 34.7 Å². The maximum Gasteiger partial charge on any atom is 0.223 e. The summed E-state index contributed by atoms with van der Waals surface area (Å²) in [5, 5.41) is 3.82. The molecule has 3 rings (SSSR count). The van der Waals surface area contributed by atoms with Gasteiger partial charge >= 0.3 is 0 Å². The lowest BCUT2D eigenvalue weighted by atomic mass is 10.1. The molecule has 6 nitrogen and oxygen atoms in total. The molecular formula is C21H26N4O2. The third-order valence-corrected chi connectivity index (χ3v) is 4.27. The Morgan fingerprint density at radius 1 is 1.00 bits per heavy atom. The fourth-order valence-corrected chi connectivity index (χ4v) is 2.88. The number of hydrogen-bond acceptors (Lipinski definition) is 6. The molecule has 0 radical (unpaired) electrons. The van der Waals surface area contributed by atoms with Gasteiger partial charge < -0.3 is 15.0 Å². The van der Waals surface area contributed by atoms with Gasteiger partial charge in [-0.1, -0.05) is 47.6 Å². The number of hydrogen-bond donors (Lipinski definition) is 1. The van der Waals surface area contributed by atoms with Gasteiger partial charge in [-0.05, 0) is 29.7 Å². The van der Waals surface area contributed by atoms with Crippen LogP contribution >= 0.6 is 0 Å². The van der Waals surface area contributed by atoms with Crippen LogP contribution in [0.15, 0.2) is 59.1 Å². The highest BCUT2D eigenvalue weighted by molar-refractivity contribution is 5.27. The summed E-state index contributed by atoms with van der Waals surface area (Å²) in [4.78, 5) is 6.51. The first-order chi connectivity index (χ1) is 13.2. The van der Waals surface area contributed by atoms with Crippen LogP contribution in [0.25, 0.3) is 0 Å². The van der Waals surface area contributed by atoms with Gasteiger partial charge in [0.2, 0.25) is 11.7 Å². The molecule has 27 heavy (non-hydrogen) atoms. The van der Waals surface area contributed by atoms with Crippen LogP contribution in [0.1, 0.15) is 22.8 Å². The molecule has 2 aromatic carbocycles. The van der Waals surface area contributed by atoms with Gasteiger partial charge in [0, 0.05) is 33.1 Å². The van der Waals surface area contributed by atoms with E-state index in [1.807, 2.05) is 18.2 Å². The lowest BCUT2D eigenvalue weighted by Gasteiger charge is -2.22. The summed E-state index contributed by atoms with van der Waals surface area (Å²) in [6.07, 6.45) is 1.02. The van der Waals surface area contributed by atoms with Crippen molar-refractivity contribution in [2.24, 2.45) is 5.73 Å². The lowest BCUT2D eigenvalue weighted by Crippen LogP contribution is -2.31. The Morgan fingerprint density at radius 2 is 1.78 bits per heavy atom. The van der Waals surface area contributed by atoms with Gasteiger partial charge in [0.15, 0.2) is 6.61 Å². The highest BCUT2D eigenvalue weighted by Gasteiger charge is 2.07. The molecule has 0 spiro atoms. The van der Waals surface area contributed by atoms with E-state index in [1.54, 1.807) is 6.92 Å². The second-order valence-electron chi connectivity index (χ2n) is 6.46. The van der Waals surface area contributed by atoms with E-state index in [9.17, 15) is 0 Å². The quantitative estimate of drug-likeness (QED) is 0.594. The Morgan fingerprint density at radius 3 is 2.44 bits per heavy atom. The van der Waals surface area contributed by atoms with Crippen LogP contribution < -0.4 is 10.5 Å². The van der Waals surface area contributed by atoms with Gasteiger partial charge in [-0.15, -0.1) is 0 Å². The molecule has 0 unspecified atom stereocenters. The zero-order valence-corrected chi connectivity index (χ0v) is 15.7. The van der Waals surface area contributed by atoms with Crippen LogP contribution in [0, 0.1) is 6.92 Å². The van der Waals surface area contributed by atoms with E-state index < -0.39 is 0 Å². The van der Waals surface area contributed by atoms with E-state index in [1.165, 1.54) is 11.1 Å². The van der Waals surface area contributed by atoms with Crippen LogP contribution in [0.2, 0.25) is 0 Å². The minimum Gasteiger partial charge on any atom is -0.485 e. The van der Waals surface area contributed by atoms with Crippen LogP contribution in [0.5, 0.6) is 5.75 Å². The van der Waals surface area contributed by atoms with Gasteiger partial charge in [-0.2, -0.15) is 4.98 Å². The minimum atomic E-state index is 0.299. The van der Waals surface area contributed by atoms with Crippen molar-refractivity contribution in [3.05, 3.63) is 77.4 Å². The van der Waals surface area contributed by atoms with Gasteiger partial charge in [0.05, 0.1) is 0 Å². The molecule has 1 aromatic heterocycles. The number of aromatic nitrogens is 2. The fraction of sp³-hybridized carbons (Fsp3) is 0.333. The maximum atomic E-state index is 5.79. The first kappa shape index (κ1) is 19.1. The number of rotatable bonds is 10. The van der Waals surface area contributed by atoms with Crippen molar-refractivity contribution in [3.8, 4) is 5.75 Å². The number of ether oxygens (including phenoxy) is 1. The second kappa shape index (κ2) is 9.85. The van der Waals surface area contributed by atoms with Gasteiger partial charge in [-0.3, -0.25) is 4.90 Å². The molecule has 6 heteroatoms. The van der Waals surface area contributed by atoms with Crippen molar-refractivity contribution < 1.29 is 9.26 Å². The van der Waals surface area contributed by atoms with Gasteiger partial charge in [0.1, 0.15) is 5.75 Å². The predicted molar refractivity (Wildman–Crippen MR) is 104 cm³/mol. The number of benzene rings is 2. The Kier molecular flexibility index (Phi) is 6.96. The SMILES string of the molecule is Cc1nc(COc2ccc(CN(CCN)CCc3ccccc3)cc2)no1. The second-order valence-corrected chi connectivity index (χ2v) is 6.46. The van der Waals surface area contributed by atoms with E-state index in [4.69, 9.17) is 15.0 Å². The van der Waals surface area contributed by atoms with Crippen molar-refractivity contribution in [2.75, 3.05) is 19.6 Å². The molecule has 3 aromatic rings. The Labute approximate surface area is 159 Å². The van der Waals surface area contributed by atoms with E-state index in [-0.39, 0.29) is 0 Å². The van der Waals surface area contributed by atoms with Gasteiger partial charge in [-0.25, -0.2) is 0 Å². The highest BCUT2D eigenvalue weighted by atomic mass is 16.5. The Hall–Kier alpha value is -2.70. The summed E-state index contributed by atoms with van der Waals surface area (Å²) in [6, 6.07) is 18.7. The van der Waals surface area contributed by atoms with Crippen LogP contribution in [0.4, 0.5) is 0 Å². The third kappa shape index (κ3) is 6.20. The smallest absolute Gasteiger partial charge is 0.223 e. The molecular weight excluding hydrogens is 340 g/mol. The molecule has 0 aliphatic rings. The van der Waals surface area contributed by atoms with E-state index in [0.717, 1.165) is 31.8 Å².